The van der Waals surface area contributed by atoms with Gasteiger partial charge in [-0.2, -0.15) is 5.10 Å². The van der Waals surface area contributed by atoms with Crippen molar-refractivity contribution >= 4 is 17.3 Å². The number of anilines is 1. The number of nitrogens with zero attached hydrogens (tertiary/aromatic N) is 3. The summed E-state index contributed by atoms with van der Waals surface area (Å²) < 4.78 is 1.33. The minimum Gasteiger partial charge on any atom is -0.378 e. The number of nitrogens with one attached hydrogen (secondary N) is 1. The lowest BCUT2D eigenvalue weighted by atomic mass is 10.1. The SMILES string of the molecule is C/C(=N/NC(=O)Cn1ccccc1=O)c1ccc(N(C)C)cc1. The highest BCUT2D eigenvalue weighted by Crippen LogP contribution is 2.12. The normalized spacial score (nSPS) is 11.2. The molecule has 0 unspecified atom stereocenters. The van der Waals surface area contributed by atoms with Gasteiger partial charge < -0.3 is 9.47 Å². The van der Waals surface area contributed by atoms with Crippen LogP contribution in [0.25, 0.3) is 0 Å². The average Bonchev–Trinajstić information content (AvgIpc) is 2.55. The van der Waals surface area contributed by atoms with Crippen LogP contribution < -0.4 is 15.9 Å². The first-order valence-corrected chi connectivity index (χ1v) is 7.24. The van der Waals surface area contributed by atoms with Crippen LogP contribution in [0.1, 0.15) is 12.5 Å². The van der Waals surface area contributed by atoms with E-state index in [2.05, 4.69) is 10.5 Å². The Hall–Kier alpha value is -2.89. The van der Waals surface area contributed by atoms with Gasteiger partial charge in [-0.3, -0.25) is 9.59 Å². The van der Waals surface area contributed by atoms with E-state index in [1.165, 1.54) is 10.6 Å². The first kappa shape index (κ1) is 16.5. The molecule has 1 aromatic carbocycles. The topological polar surface area (TPSA) is 66.7 Å². The Balaban J connectivity index is 2.00. The van der Waals surface area contributed by atoms with Crippen molar-refractivity contribution in [1.29, 1.82) is 0 Å². The van der Waals surface area contributed by atoms with Gasteiger partial charge in [0.1, 0.15) is 6.54 Å². The Labute approximate surface area is 135 Å². The van der Waals surface area contributed by atoms with Gasteiger partial charge in [-0.1, -0.05) is 18.2 Å². The molecule has 0 saturated carbocycles. The molecule has 1 aromatic heterocycles. The molecule has 0 bridgehead atoms. The Bertz CT molecular complexity index is 761. The fraction of sp³-hybridized carbons (Fsp3) is 0.235. The summed E-state index contributed by atoms with van der Waals surface area (Å²) in [6.07, 6.45) is 1.57. The fourth-order valence-electron chi connectivity index (χ4n) is 1.99. The van der Waals surface area contributed by atoms with Gasteiger partial charge in [0.2, 0.25) is 0 Å². The van der Waals surface area contributed by atoms with Crippen molar-refractivity contribution < 1.29 is 4.79 Å². The molecule has 6 nitrogen and oxygen atoms in total. The number of benzene rings is 1. The molecule has 2 rings (SSSR count). The minimum atomic E-state index is -0.345. The molecule has 2 aromatic rings. The lowest BCUT2D eigenvalue weighted by Gasteiger charge is -2.12. The summed E-state index contributed by atoms with van der Waals surface area (Å²) >= 11 is 0. The summed E-state index contributed by atoms with van der Waals surface area (Å²) in [5.74, 6) is -0.345. The number of hydrazone groups is 1. The summed E-state index contributed by atoms with van der Waals surface area (Å²) in [5, 5.41) is 4.08. The van der Waals surface area contributed by atoms with Crippen LogP contribution in [0.3, 0.4) is 0 Å². The molecule has 23 heavy (non-hydrogen) atoms. The van der Waals surface area contributed by atoms with Crippen LogP contribution in [-0.2, 0) is 11.3 Å². The standard InChI is InChI=1S/C17H20N4O2/c1-13(14-7-9-15(10-8-14)20(2)3)18-19-16(22)12-21-11-5-4-6-17(21)23/h4-11H,12H2,1-3H3,(H,19,22)/b18-13-. The second kappa shape index (κ2) is 7.40. The largest absolute Gasteiger partial charge is 0.378 e. The quantitative estimate of drug-likeness (QED) is 0.671. The monoisotopic (exact) mass is 312 g/mol. The van der Waals surface area contributed by atoms with Crippen LogP contribution >= 0.6 is 0 Å². The number of aromatic nitrogens is 1. The van der Waals surface area contributed by atoms with Crippen molar-refractivity contribution in [2.45, 2.75) is 13.5 Å². The predicted molar refractivity (Wildman–Crippen MR) is 91.8 cm³/mol. The maximum absolute atomic E-state index is 11.9. The summed E-state index contributed by atoms with van der Waals surface area (Å²) in [6.45, 7) is 1.76. The Morgan fingerprint density at radius 1 is 1.17 bits per heavy atom. The van der Waals surface area contributed by atoms with Crippen molar-refractivity contribution in [3.63, 3.8) is 0 Å². The van der Waals surface area contributed by atoms with E-state index >= 15 is 0 Å². The zero-order chi connectivity index (χ0) is 16.8. The summed E-state index contributed by atoms with van der Waals surface area (Å²) in [7, 11) is 3.95. The highest BCUT2D eigenvalue weighted by atomic mass is 16.2. The predicted octanol–water partition coefficient (Wildman–Crippen LogP) is 1.45. The van der Waals surface area contributed by atoms with Gasteiger partial charge >= 0.3 is 0 Å². The van der Waals surface area contributed by atoms with Crippen LogP contribution in [0, 0.1) is 0 Å². The van der Waals surface area contributed by atoms with Crippen molar-refractivity contribution in [3.8, 4) is 0 Å². The Kier molecular flexibility index (Phi) is 5.30. The van der Waals surface area contributed by atoms with E-state index in [9.17, 15) is 9.59 Å². The second-order valence-corrected chi connectivity index (χ2v) is 5.34. The van der Waals surface area contributed by atoms with E-state index in [1.54, 1.807) is 18.3 Å². The van der Waals surface area contributed by atoms with Gasteiger partial charge in [0.25, 0.3) is 11.5 Å². The molecule has 0 aliphatic carbocycles. The molecule has 0 radical (unpaired) electrons. The van der Waals surface area contributed by atoms with Crippen LogP contribution in [0.15, 0.2) is 58.6 Å². The third-order valence-corrected chi connectivity index (χ3v) is 3.36. The van der Waals surface area contributed by atoms with E-state index in [4.69, 9.17) is 0 Å². The molecule has 1 N–H and O–H groups in total. The molecule has 1 heterocycles. The second-order valence-electron chi connectivity index (χ2n) is 5.34. The molecule has 0 spiro atoms. The first-order valence-electron chi connectivity index (χ1n) is 7.24. The first-order chi connectivity index (χ1) is 11.0. The number of carbonyl (C=O) groups excluding carboxylic acids is 1. The molecule has 0 fully saturated rings. The Morgan fingerprint density at radius 3 is 2.48 bits per heavy atom. The van der Waals surface area contributed by atoms with Gasteiger partial charge in [-0.25, -0.2) is 5.43 Å². The third-order valence-electron chi connectivity index (χ3n) is 3.36. The van der Waals surface area contributed by atoms with Gasteiger partial charge in [0, 0.05) is 32.0 Å². The highest BCUT2D eigenvalue weighted by Gasteiger charge is 2.04. The third kappa shape index (κ3) is 4.54. The summed E-state index contributed by atoms with van der Waals surface area (Å²) in [4.78, 5) is 25.4. The van der Waals surface area contributed by atoms with Crippen molar-refractivity contribution in [2.75, 3.05) is 19.0 Å². The molecule has 0 aliphatic rings. The fourth-order valence-corrected chi connectivity index (χ4v) is 1.99. The van der Waals surface area contributed by atoms with Crippen molar-refractivity contribution in [2.24, 2.45) is 5.10 Å². The molecule has 0 aliphatic heterocycles. The minimum absolute atomic E-state index is 0.0595. The van der Waals surface area contributed by atoms with E-state index < -0.39 is 0 Å². The van der Waals surface area contributed by atoms with Crippen molar-refractivity contribution in [3.05, 3.63) is 64.6 Å². The van der Waals surface area contributed by atoms with Crippen LogP contribution in [-0.4, -0.2) is 30.3 Å². The summed E-state index contributed by atoms with van der Waals surface area (Å²) in [6, 6.07) is 12.6. The molecular weight excluding hydrogens is 292 g/mol. The van der Waals surface area contributed by atoms with E-state index in [0.717, 1.165) is 11.3 Å². The van der Waals surface area contributed by atoms with E-state index in [1.807, 2.05) is 50.2 Å². The zero-order valence-corrected chi connectivity index (χ0v) is 13.5. The molecule has 120 valence electrons. The molecule has 6 heteroatoms. The summed E-state index contributed by atoms with van der Waals surface area (Å²) in [5.41, 5.74) is 4.97. The van der Waals surface area contributed by atoms with Crippen LogP contribution in [0.5, 0.6) is 0 Å². The molecular formula is C17H20N4O2. The van der Waals surface area contributed by atoms with Crippen LogP contribution in [0.4, 0.5) is 5.69 Å². The maximum Gasteiger partial charge on any atom is 0.260 e. The molecule has 0 saturated heterocycles. The van der Waals surface area contributed by atoms with Crippen LogP contribution in [0.2, 0.25) is 0 Å². The number of rotatable bonds is 5. The zero-order valence-electron chi connectivity index (χ0n) is 13.5. The van der Waals surface area contributed by atoms with Crippen molar-refractivity contribution in [1.82, 2.24) is 9.99 Å². The van der Waals surface area contributed by atoms with E-state index in [-0.39, 0.29) is 18.0 Å². The number of carbonyl (C=O) groups is 1. The smallest absolute Gasteiger partial charge is 0.260 e. The van der Waals surface area contributed by atoms with Gasteiger partial charge in [0.15, 0.2) is 0 Å². The van der Waals surface area contributed by atoms with Gasteiger partial charge in [-0.15, -0.1) is 0 Å². The molecule has 1 amide bonds. The maximum atomic E-state index is 11.9. The highest BCUT2D eigenvalue weighted by molar-refractivity contribution is 5.99. The van der Waals surface area contributed by atoms with Gasteiger partial charge in [0.05, 0.1) is 5.71 Å². The van der Waals surface area contributed by atoms with E-state index in [0.29, 0.717) is 5.71 Å². The number of hydrogen-bond donors (Lipinski definition) is 1. The number of pyridine rings is 1. The lowest BCUT2D eigenvalue weighted by Crippen LogP contribution is -2.29. The Morgan fingerprint density at radius 2 is 1.87 bits per heavy atom. The number of hydrogen-bond acceptors (Lipinski definition) is 4. The number of amides is 1. The molecule has 0 atom stereocenters. The average molecular weight is 312 g/mol. The lowest BCUT2D eigenvalue weighted by molar-refractivity contribution is -0.121. The van der Waals surface area contributed by atoms with Gasteiger partial charge in [-0.05, 0) is 30.7 Å².